The molecule has 0 unspecified atom stereocenters. The van der Waals surface area contributed by atoms with Crippen LogP contribution in [0.5, 0.6) is 0 Å². The fraction of sp³-hybridized carbons (Fsp3) is 0.182. The minimum Gasteiger partial charge on any atom is -0.454 e. The van der Waals surface area contributed by atoms with Crippen LogP contribution in [0.1, 0.15) is 52.7 Å². The maximum absolute atomic E-state index is 6.34. The van der Waals surface area contributed by atoms with E-state index in [-0.39, 0.29) is 10.8 Å². The lowest BCUT2D eigenvalue weighted by Gasteiger charge is -2.30. The molecule has 3 heteroatoms. The molecule has 0 aliphatic rings. The van der Waals surface area contributed by atoms with E-state index in [2.05, 4.69) is 179 Å². The molecule has 1 N–H and O–H groups in total. The molecule has 234 valence electrons. The van der Waals surface area contributed by atoms with Crippen molar-refractivity contribution in [3.63, 3.8) is 0 Å². The molecule has 0 saturated carbocycles. The molecular weight excluding hydrogens is 572 g/mol. The number of benzene rings is 6. The number of rotatable bonds is 6. The van der Waals surface area contributed by atoms with E-state index in [0.717, 1.165) is 50.4 Å². The van der Waals surface area contributed by atoms with Crippen LogP contribution in [0.4, 0.5) is 28.4 Å². The summed E-state index contributed by atoms with van der Waals surface area (Å²) < 4.78 is 6.34. The summed E-state index contributed by atoms with van der Waals surface area (Å²) in [6.45, 7) is 13.6. The predicted molar refractivity (Wildman–Crippen MR) is 201 cm³/mol. The molecule has 0 atom stereocenters. The summed E-state index contributed by atoms with van der Waals surface area (Å²) in [5, 5.41) is 5.92. The van der Waals surface area contributed by atoms with Crippen molar-refractivity contribution in [2.45, 2.75) is 52.4 Å². The third-order valence-electron chi connectivity index (χ3n) is 8.97. The van der Waals surface area contributed by atoms with E-state index in [0.29, 0.717) is 0 Å². The van der Waals surface area contributed by atoms with Gasteiger partial charge in [-0.3, -0.25) is 0 Å². The van der Waals surface area contributed by atoms with Crippen LogP contribution in [0, 0.1) is 0 Å². The number of fused-ring (bicyclic) bond motifs is 3. The Bertz CT molecular complexity index is 2180. The van der Waals surface area contributed by atoms with Gasteiger partial charge in [-0.2, -0.15) is 0 Å². The Morgan fingerprint density at radius 2 is 1.19 bits per heavy atom. The SMILES string of the molecule is CC(C)(C)c1ccc(N(c2cccc(Nc3cccc4c3oc3ccccc34)c2)c2ccc(C(C)(C)C)cc2-c2ccccc2)cc1. The summed E-state index contributed by atoms with van der Waals surface area (Å²) in [7, 11) is 0. The van der Waals surface area contributed by atoms with Gasteiger partial charge in [0, 0.05) is 33.4 Å². The topological polar surface area (TPSA) is 28.4 Å². The van der Waals surface area contributed by atoms with Crippen molar-refractivity contribution in [2.75, 3.05) is 10.2 Å². The average Bonchev–Trinajstić information content (AvgIpc) is 3.45. The molecule has 0 bridgehead atoms. The van der Waals surface area contributed by atoms with Crippen molar-refractivity contribution >= 4 is 50.4 Å². The average molecular weight is 615 g/mol. The quantitative estimate of drug-likeness (QED) is 0.202. The Labute approximate surface area is 278 Å². The number of hydrogen-bond acceptors (Lipinski definition) is 3. The van der Waals surface area contributed by atoms with Crippen LogP contribution in [0.2, 0.25) is 0 Å². The fourth-order valence-corrected chi connectivity index (χ4v) is 6.31. The molecule has 3 nitrogen and oxygen atoms in total. The molecule has 1 heterocycles. The van der Waals surface area contributed by atoms with Crippen molar-refractivity contribution < 1.29 is 4.42 Å². The maximum atomic E-state index is 6.34. The standard InChI is InChI=1S/C44H42N2O/c1-43(2,3)31-22-25-34(26-23-31)46(40-27-24-32(44(4,5)6)28-38(40)30-14-8-7-9-15-30)35-17-12-16-33(29-35)45-39-20-13-19-37-36-18-10-11-21-41(36)47-42(37)39/h7-29,45H,1-6H3. The number of furan rings is 1. The summed E-state index contributed by atoms with van der Waals surface area (Å²) >= 11 is 0. The van der Waals surface area contributed by atoms with Crippen molar-refractivity contribution in [3.05, 3.63) is 151 Å². The highest BCUT2D eigenvalue weighted by molar-refractivity contribution is 6.09. The van der Waals surface area contributed by atoms with Gasteiger partial charge < -0.3 is 14.6 Å². The smallest absolute Gasteiger partial charge is 0.158 e. The van der Waals surface area contributed by atoms with Crippen LogP contribution in [0.15, 0.2) is 144 Å². The molecule has 47 heavy (non-hydrogen) atoms. The molecule has 0 spiro atoms. The van der Waals surface area contributed by atoms with Gasteiger partial charge in [-0.15, -0.1) is 0 Å². The van der Waals surface area contributed by atoms with Gasteiger partial charge in [0.2, 0.25) is 0 Å². The minimum absolute atomic E-state index is 0.0166. The second-order valence-electron chi connectivity index (χ2n) is 14.4. The first kappa shape index (κ1) is 30.4. The third-order valence-corrected chi connectivity index (χ3v) is 8.97. The zero-order valence-electron chi connectivity index (χ0n) is 28.1. The fourth-order valence-electron chi connectivity index (χ4n) is 6.31. The Hall–Kier alpha value is -5.28. The summed E-state index contributed by atoms with van der Waals surface area (Å²) in [5.74, 6) is 0. The highest BCUT2D eigenvalue weighted by Gasteiger charge is 2.22. The molecule has 7 rings (SSSR count). The lowest BCUT2D eigenvalue weighted by molar-refractivity contribution is 0.590. The van der Waals surface area contributed by atoms with E-state index in [4.69, 9.17) is 4.42 Å². The molecular formula is C44H42N2O. The lowest BCUT2D eigenvalue weighted by Crippen LogP contribution is -2.15. The van der Waals surface area contributed by atoms with Gasteiger partial charge in [0.15, 0.2) is 5.58 Å². The molecule has 0 radical (unpaired) electrons. The van der Waals surface area contributed by atoms with E-state index in [1.54, 1.807) is 0 Å². The molecule has 7 aromatic rings. The summed E-state index contributed by atoms with van der Waals surface area (Å²) in [6.07, 6.45) is 0. The van der Waals surface area contributed by atoms with Crippen LogP contribution in [-0.4, -0.2) is 0 Å². The van der Waals surface area contributed by atoms with Crippen LogP contribution in [0.25, 0.3) is 33.1 Å². The van der Waals surface area contributed by atoms with Gasteiger partial charge in [-0.05, 0) is 82.1 Å². The van der Waals surface area contributed by atoms with Crippen molar-refractivity contribution in [1.29, 1.82) is 0 Å². The van der Waals surface area contributed by atoms with Gasteiger partial charge in [-0.1, -0.05) is 126 Å². The number of nitrogens with one attached hydrogen (secondary N) is 1. The van der Waals surface area contributed by atoms with E-state index in [9.17, 15) is 0 Å². The van der Waals surface area contributed by atoms with Crippen molar-refractivity contribution in [2.24, 2.45) is 0 Å². The minimum atomic E-state index is 0.0166. The second kappa shape index (κ2) is 11.8. The largest absolute Gasteiger partial charge is 0.454 e. The first-order valence-electron chi connectivity index (χ1n) is 16.4. The van der Waals surface area contributed by atoms with E-state index in [1.165, 1.54) is 22.3 Å². The Morgan fingerprint density at radius 3 is 1.94 bits per heavy atom. The first-order chi connectivity index (χ1) is 22.6. The highest BCUT2D eigenvalue weighted by atomic mass is 16.3. The Kier molecular flexibility index (Phi) is 7.64. The van der Waals surface area contributed by atoms with Crippen LogP contribution in [-0.2, 0) is 10.8 Å². The summed E-state index contributed by atoms with van der Waals surface area (Å²) in [6, 6.07) is 49.9. The molecule has 0 fully saturated rings. The van der Waals surface area contributed by atoms with Gasteiger partial charge in [0.25, 0.3) is 0 Å². The molecule has 1 aromatic heterocycles. The number of hydrogen-bond donors (Lipinski definition) is 1. The highest BCUT2D eigenvalue weighted by Crippen LogP contribution is 2.44. The number of nitrogens with zero attached hydrogens (tertiary/aromatic N) is 1. The summed E-state index contributed by atoms with van der Waals surface area (Å²) in [4.78, 5) is 2.38. The number of para-hydroxylation sites is 2. The van der Waals surface area contributed by atoms with E-state index < -0.39 is 0 Å². The molecule has 0 aliphatic heterocycles. The van der Waals surface area contributed by atoms with E-state index in [1.807, 2.05) is 12.1 Å². The Balaban J connectivity index is 1.38. The normalized spacial score (nSPS) is 12.0. The third kappa shape index (κ3) is 6.02. The molecule has 0 saturated heterocycles. The van der Waals surface area contributed by atoms with Gasteiger partial charge >= 0.3 is 0 Å². The van der Waals surface area contributed by atoms with Crippen molar-refractivity contribution in [1.82, 2.24) is 0 Å². The van der Waals surface area contributed by atoms with Gasteiger partial charge in [-0.25, -0.2) is 0 Å². The lowest BCUT2D eigenvalue weighted by atomic mass is 9.84. The van der Waals surface area contributed by atoms with E-state index >= 15 is 0 Å². The zero-order chi connectivity index (χ0) is 32.8. The summed E-state index contributed by atoms with van der Waals surface area (Å²) in [5.41, 5.74) is 12.1. The maximum Gasteiger partial charge on any atom is 0.158 e. The van der Waals surface area contributed by atoms with Crippen LogP contribution >= 0.6 is 0 Å². The Morgan fingerprint density at radius 1 is 0.532 bits per heavy atom. The van der Waals surface area contributed by atoms with Crippen LogP contribution in [0.3, 0.4) is 0 Å². The second-order valence-corrected chi connectivity index (χ2v) is 14.4. The zero-order valence-corrected chi connectivity index (χ0v) is 28.1. The molecule has 6 aromatic carbocycles. The molecule has 0 amide bonds. The first-order valence-corrected chi connectivity index (χ1v) is 16.4. The predicted octanol–water partition coefficient (Wildman–Crippen LogP) is 13.1. The van der Waals surface area contributed by atoms with Gasteiger partial charge in [0.05, 0.1) is 11.4 Å². The monoisotopic (exact) mass is 614 g/mol. The van der Waals surface area contributed by atoms with Gasteiger partial charge in [0.1, 0.15) is 5.58 Å². The van der Waals surface area contributed by atoms with Crippen LogP contribution < -0.4 is 10.2 Å². The van der Waals surface area contributed by atoms with Crippen molar-refractivity contribution in [3.8, 4) is 11.1 Å². The number of anilines is 5. The molecule has 0 aliphatic carbocycles.